The van der Waals surface area contributed by atoms with E-state index in [1.807, 2.05) is 31.2 Å². The molecule has 2 aromatic carbocycles. The Bertz CT molecular complexity index is 929. The van der Waals surface area contributed by atoms with Gasteiger partial charge in [0.05, 0.1) is 12.0 Å². The number of amides is 1. The largest absolute Gasteiger partial charge is 0.494 e. The Hall–Kier alpha value is -1.71. The summed E-state index contributed by atoms with van der Waals surface area (Å²) in [5, 5.41) is 4.71. The highest BCUT2D eigenvalue weighted by Crippen LogP contribution is 2.60. The van der Waals surface area contributed by atoms with Gasteiger partial charge < -0.3 is 10.1 Å². The van der Waals surface area contributed by atoms with Crippen LogP contribution < -0.4 is 10.1 Å². The molecule has 2 aliphatic rings. The molecule has 2 aromatic rings. The Labute approximate surface area is 189 Å². The first-order valence-electron chi connectivity index (χ1n) is 10.9. The Balaban J connectivity index is 1.82. The monoisotopic (exact) mass is 445 g/mol. The number of benzene rings is 2. The number of ether oxygens (including phenoxy) is 1. The van der Waals surface area contributed by atoms with Gasteiger partial charge in [0.2, 0.25) is 5.91 Å². The van der Waals surface area contributed by atoms with E-state index in [1.165, 1.54) is 5.56 Å². The molecule has 0 spiro atoms. The minimum atomic E-state index is -0.321. The second kappa shape index (κ2) is 8.43. The van der Waals surface area contributed by atoms with E-state index < -0.39 is 0 Å². The SMILES string of the molecule is CCOc1ccc([C@@H]2CC[C@@]3(CC)C(=O)N[C@H](C)[C@H]3[C@H]2c2ccc(Cl)cc2)c(Cl)c1. The molecule has 1 aliphatic heterocycles. The number of fused-ring (bicyclic) bond motifs is 1. The lowest BCUT2D eigenvalue weighted by atomic mass is 9.54. The molecule has 1 heterocycles. The zero-order valence-electron chi connectivity index (χ0n) is 17.8. The van der Waals surface area contributed by atoms with Gasteiger partial charge in [-0.15, -0.1) is 0 Å². The fraction of sp³-hybridized carbons (Fsp3) is 0.480. The van der Waals surface area contributed by atoms with Crippen molar-refractivity contribution in [1.82, 2.24) is 5.32 Å². The van der Waals surface area contributed by atoms with Crippen molar-refractivity contribution >= 4 is 29.1 Å². The van der Waals surface area contributed by atoms with E-state index in [1.54, 1.807) is 0 Å². The minimum absolute atomic E-state index is 0.113. The molecule has 1 aliphatic carbocycles. The lowest BCUT2D eigenvalue weighted by Crippen LogP contribution is -2.43. The lowest BCUT2D eigenvalue weighted by molar-refractivity contribution is -0.131. The third kappa shape index (κ3) is 3.50. The number of hydrogen-bond donors (Lipinski definition) is 1. The van der Waals surface area contributed by atoms with Crippen molar-refractivity contribution in [2.45, 2.75) is 57.9 Å². The predicted molar refractivity (Wildman–Crippen MR) is 123 cm³/mol. The zero-order valence-corrected chi connectivity index (χ0v) is 19.3. The highest BCUT2D eigenvalue weighted by atomic mass is 35.5. The smallest absolute Gasteiger partial charge is 0.226 e. The van der Waals surface area contributed by atoms with Crippen LogP contribution in [-0.2, 0) is 4.79 Å². The van der Waals surface area contributed by atoms with E-state index in [0.29, 0.717) is 6.61 Å². The summed E-state index contributed by atoms with van der Waals surface area (Å²) in [4.78, 5) is 13.1. The molecule has 1 saturated heterocycles. The second-order valence-electron chi connectivity index (χ2n) is 8.64. The molecule has 0 unspecified atom stereocenters. The average molecular weight is 446 g/mol. The molecule has 1 saturated carbocycles. The molecular formula is C25H29Cl2NO2. The van der Waals surface area contributed by atoms with Crippen molar-refractivity contribution in [2.75, 3.05) is 6.61 Å². The van der Waals surface area contributed by atoms with Crippen molar-refractivity contribution in [3.63, 3.8) is 0 Å². The van der Waals surface area contributed by atoms with E-state index in [2.05, 4.69) is 37.4 Å². The first-order chi connectivity index (χ1) is 14.4. The summed E-state index contributed by atoms with van der Waals surface area (Å²) in [5.41, 5.74) is 2.04. The topological polar surface area (TPSA) is 38.3 Å². The van der Waals surface area contributed by atoms with Crippen molar-refractivity contribution in [3.05, 3.63) is 63.6 Å². The fourth-order valence-electron chi connectivity index (χ4n) is 5.96. The van der Waals surface area contributed by atoms with Crippen LogP contribution >= 0.6 is 23.2 Å². The summed E-state index contributed by atoms with van der Waals surface area (Å²) in [6, 6.07) is 14.3. The van der Waals surface area contributed by atoms with Gasteiger partial charge in [0.25, 0.3) is 0 Å². The third-order valence-electron chi connectivity index (χ3n) is 7.28. The molecule has 0 bridgehead atoms. The highest BCUT2D eigenvalue weighted by Gasteiger charge is 2.59. The molecular weight excluding hydrogens is 417 g/mol. The standard InChI is InChI=1S/C25H29Cl2NO2/c1-4-25-13-12-20(19-11-10-18(30-5-2)14-21(19)27)22(16-6-8-17(26)9-7-16)23(25)15(3)28-24(25)29/h6-11,14-15,20,22-23H,4-5,12-13H2,1-3H3,(H,28,29)/t15-,20+,22+,23+,25-/m1/s1. The van der Waals surface area contributed by atoms with Gasteiger partial charge in [0.1, 0.15) is 5.75 Å². The number of halogens is 2. The summed E-state index contributed by atoms with van der Waals surface area (Å²) >= 11 is 13.0. The number of carbonyl (C=O) groups excluding carboxylic acids is 1. The van der Waals surface area contributed by atoms with E-state index in [9.17, 15) is 4.79 Å². The Kier molecular flexibility index (Phi) is 6.05. The summed E-state index contributed by atoms with van der Waals surface area (Å²) in [7, 11) is 0. The summed E-state index contributed by atoms with van der Waals surface area (Å²) in [6.07, 6.45) is 2.65. The zero-order chi connectivity index (χ0) is 21.5. The number of nitrogens with one attached hydrogen (secondary N) is 1. The molecule has 30 heavy (non-hydrogen) atoms. The minimum Gasteiger partial charge on any atom is -0.494 e. The Morgan fingerprint density at radius 2 is 1.87 bits per heavy atom. The van der Waals surface area contributed by atoms with Crippen LogP contribution in [0.5, 0.6) is 5.75 Å². The normalized spacial score (nSPS) is 30.6. The molecule has 5 atom stereocenters. The molecule has 0 radical (unpaired) electrons. The Morgan fingerprint density at radius 3 is 2.50 bits per heavy atom. The first-order valence-corrected chi connectivity index (χ1v) is 11.7. The molecule has 0 aromatic heterocycles. The molecule has 4 rings (SSSR count). The lowest BCUT2D eigenvalue weighted by Gasteiger charge is -2.47. The summed E-state index contributed by atoms with van der Waals surface area (Å²) in [5.74, 6) is 1.61. The quantitative estimate of drug-likeness (QED) is 0.563. The van der Waals surface area contributed by atoms with Crippen LogP contribution in [0.2, 0.25) is 10.0 Å². The van der Waals surface area contributed by atoms with Gasteiger partial charge >= 0.3 is 0 Å². The van der Waals surface area contributed by atoms with Crippen LogP contribution in [-0.4, -0.2) is 18.6 Å². The summed E-state index contributed by atoms with van der Waals surface area (Å²) < 4.78 is 5.63. The van der Waals surface area contributed by atoms with Crippen LogP contribution in [0.3, 0.4) is 0 Å². The predicted octanol–water partition coefficient (Wildman–Crippen LogP) is 6.58. The van der Waals surface area contributed by atoms with Crippen molar-refractivity contribution < 1.29 is 9.53 Å². The van der Waals surface area contributed by atoms with Gasteiger partial charge in [-0.1, -0.05) is 48.3 Å². The second-order valence-corrected chi connectivity index (χ2v) is 9.48. The van der Waals surface area contributed by atoms with Gasteiger partial charge in [-0.2, -0.15) is 0 Å². The first kappa shape index (κ1) is 21.5. The maximum absolute atomic E-state index is 13.1. The van der Waals surface area contributed by atoms with Crippen LogP contribution in [0, 0.1) is 11.3 Å². The van der Waals surface area contributed by atoms with Crippen LogP contribution in [0.25, 0.3) is 0 Å². The molecule has 1 N–H and O–H groups in total. The third-order valence-corrected chi connectivity index (χ3v) is 7.86. The van der Waals surface area contributed by atoms with E-state index in [0.717, 1.165) is 40.6 Å². The van der Waals surface area contributed by atoms with E-state index >= 15 is 0 Å². The van der Waals surface area contributed by atoms with Gasteiger partial charge in [-0.3, -0.25) is 4.79 Å². The fourth-order valence-corrected chi connectivity index (χ4v) is 6.40. The van der Waals surface area contributed by atoms with E-state index in [-0.39, 0.29) is 35.1 Å². The number of carbonyl (C=O) groups is 1. The van der Waals surface area contributed by atoms with Crippen molar-refractivity contribution in [2.24, 2.45) is 11.3 Å². The molecule has 1 amide bonds. The van der Waals surface area contributed by atoms with Crippen LogP contribution in [0.15, 0.2) is 42.5 Å². The molecule has 2 fully saturated rings. The van der Waals surface area contributed by atoms with Gasteiger partial charge in [-0.05, 0) is 80.3 Å². The maximum Gasteiger partial charge on any atom is 0.226 e. The Morgan fingerprint density at radius 1 is 1.13 bits per heavy atom. The van der Waals surface area contributed by atoms with E-state index in [4.69, 9.17) is 27.9 Å². The van der Waals surface area contributed by atoms with Crippen molar-refractivity contribution in [3.8, 4) is 5.75 Å². The van der Waals surface area contributed by atoms with Gasteiger partial charge in [0, 0.05) is 22.0 Å². The highest BCUT2D eigenvalue weighted by molar-refractivity contribution is 6.31. The summed E-state index contributed by atoms with van der Waals surface area (Å²) in [6.45, 7) is 6.87. The van der Waals surface area contributed by atoms with Crippen LogP contribution in [0.1, 0.15) is 63.0 Å². The van der Waals surface area contributed by atoms with Crippen LogP contribution in [0.4, 0.5) is 0 Å². The molecule has 5 heteroatoms. The van der Waals surface area contributed by atoms with Gasteiger partial charge in [-0.25, -0.2) is 0 Å². The maximum atomic E-state index is 13.1. The van der Waals surface area contributed by atoms with Gasteiger partial charge in [0.15, 0.2) is 0 Å². The average Bonchev–Trinajstić information content (AvgIpc) is 2.99. The van der Waals surface area contributed by atoms with Crippen molar-refractivity contribution in [1.29, 1.82) is 0 Å². The molecule has 3 nitrogen and oxygen atoms in total. The number of hydrogen-bond acceptors (Lipinski definition) is 2. The number of rotatable bonds is 5. The molecule has 160 valence electrons.